The quantitative estimate of drug-likeness (QED) is 0.0243. The van der Waals surface area contributed by atoms with Crippen LogP contribution in [0.25, 0.3) is 43.6 Å². The number of carbonyl (C=O) groups excluding carboxylic acids is 16. The van der Waals surface area contributed by atoms with Gasteiger partial charge in [0.2, 0.25) is 95.0 Å². The molecule has 144 heavy (non-hydrogen) atoms. The van der Waals surface area contributed by atoms with E-state index in [-0.39, 0.29) is 87.5 Å². The van der Waals surface area contributed by atoms with E-state index in [4.69, 9.17) is 0 Å². The van der Waals surface area contributed by atoms with Crippen LogP contribution in [-0.2, 0) is 129 Å². The predicted octanol–water partition coefficient (Wildman–Crippen LogP) is 2.07. The molecule has 21 N–H and O–H groups in total. The molecule has 786 valence electrons. The van der Waals surface area contributed by atoms with Crippen molar-refractivity contribution in [3.05, 3.63) is 144 Å². The first-order chi connectivity index (χ1) is 68.2. The van der Waals surface area contributed by atoms with Crippen molar-refractivity contribution in [3.8, 4) is 0 Å². The zero-order valence-corrected chi connectivity index (χ0v) is 85.5. The number of benzene rings is 4. The van der Waals surface area contributed by atoms with Gasteiger partial charge in [0.05, 0.1) is 35.2 Å². The number of nitrogens with one attached hydrogen (secondary N) is 16. The molecule has 4 heterocycles. The van der Waals surface area contributed by atoms with Crippen molar-refractivity contribution in [1.29, 1.82) is 0 Å². The monoisotopic (exact) mass is 2000 g/mol. The van der Waals surface area contributed by atoms with Gasteiger partial charge in [-0.05, 0) is 133 Å². The van der Waals surface area contributed by atoms with Gasteiger partial charge in [0.1, 0.15) is 112 Å². The van der Waals surface area contributed by atoms with Crippen LogP contribution in [0.3, 0.4) is 0 Å². The molecule has 0 unspecified atom stereocenters. The second-order valence-corrected chi connectivity index (χ2v) is 39.9. The van der Waals surface area contributed by atoms with Crippen LogP contribution < -0.4 is 85.1 Å². The molecule has 0 radical (unpaired) electrons. The number of nitrogens with zero attached hydrogens (tertiary/aromatic N) is 4. The summed E-state index contributed by atoms with van der Waals surface area (Å²) in [6.45, 7) is 27.2. The molecule has 16 amide bonds. The smallest absolute Gasteiger partial charge is 0.243 e. The number of amides is 16. The minimum absolute atomic E-state index is 0.0124. The molecule has 41 heteroatoms. The Morgan fingerprint density at radius 2 is 0.514 bits per heavy atom. The van der Waals surface area contributed by atoms with Crippen LogP contribution in [0.1, 0.15) is 173 Å². The zero-order valence-electron chi connectivity index (χ0n) is 85.5. The number of para-hydroxylation sites is 4. The van der Waals surface area contributed by atoms with Crippen LogP contribution >= 0.6 is 0 Å². The van der Waals surface area contributed by atoms with Crippen LogP contribution in [0, 0.1) is 47.3 Å². The fourth-order valence-corrected chi connectivity index (χ4v) is 17.5. The molecule has 0 aliphatic heterocycles. The molecule has 4 aromatic heterocycles. The minimum Gasteiger partial charge on any atom is -0.395 e. The van der Waals surface area contributed by atoms with Gasteiger partial charge in [-0.25, -0.2) is 0 Å². The lowest BCUT2D eigenvalue weighted by Gasteiger charge is -2.31. The number of aliphatic hydroxyl groups is 5. The van der Waals surface area contributed by atoms with Crippen molar-refractivity contribution in [3.63, 3.8) is 0 Å². The van der Waals surface area contributed by atoms with Gasteiger partial charge >= 0.3 is 0 Å². The van der Waals surface area contributed by atoms with Gasteiger partial charge in [-0.3, -0.25) is 76.7 Å². The summed E-state index contributed by atoms with van der Waals surface area (Å²) < 4.78 is 6.16. The van der Waals surface area contributed by atoms with Gasteiger partial charge in [0, 0.05) is 78.6 Å². The first kappa shape index (κ1) is 116. The first-order valence-electron chi connectivity index (χ1n) is 49.3. The maximum absolute atomic E-state index is 15.8. The topological polar surface area (TPSA) is 586 Å². The van der Waals surface area contributed by atoms with Crippen molar-refractivity contribution in [2.45, 2.75) is 288 Å². The number of hydrogen-bond donors (Lipinski definition) is 21. The highest BCUT2D eigenvalue weighted by atomic mass is 16.3. The lowest BCUT2D eigenvalue weighted by molar-refractivity contribution is -0.137. The molecular weight excluding hydrogens is 1850 g/mol. The van der Waals surface area contributed by atoms with Crippen molar-refractivity contribution in [2.75, 3.05) is 19.7 Å². The molecule has 8 aromatic rings. The number of rotatable bonds is 57. The molecule has 0 saturated heterocycles. The summed E-state index contributed by atoms with van der Waals surface area (Å²) in [5.41, 5.74) is 4.32. The summed E-state index contributed by atoms with van der Waals surface area (Å²) in [4.78, 5) is 230. The standard InChI is InChI=1S/C103H148N20O21/c1-55(2)37-73(109-90(131)63(17)107-85(130)45-105-100(141)86(59(9)10)106-50-125)93(134)108-64(18)91(132)117-88(61(13)14)102(143)119-89(62(15)16)103(144)118-87(60(11)12)101(142)116-80(44-68-49-123(54-129)84-34-26-22-30-72(68)84)99(140)112-76(40-58(7)8)96(137)115-79(43-67-48-122(53-128)83-33-25-21-29-71(67)83)98(139)111-75(39-57(5)6)95(136)114-78(42-66-47-121(52-127)82-32-24-20-28-70(66)82)97(138)110-74(38-56(3)4)94(135)113-77(92(133)104-35-36-124)41-65-46-120(51-126)81-31-23-19-27-69(65)81/h19-34,46-50,55-64,73-80,86-89,124,126-129H,35-45,51-54H2,1-18H3,(H,104,133)(H,105,141)(H,106,125)(H,107,130)(H,108,134)(H,109,131)(H,110,138)(H,111,139)(H,112,140)(H,113,135)(H,114,136)(H,115,137)(H,116,142)(H,117,132)(H,118,144)(H,119,143)/t63-,64-,73+,74+,75+,76+,77-,78-,79-,80-,86-,87+,88+,89-/m0/s1. The van der Waals surface area contributed by atoms with Crippen LogP contribution in [-0.4, -0.2) is 243 Å². The third-order valence-electron chi connectivity index (χ3n) is 25.0. The van der Waals surface area contributed by atoms with E-state index in [2.05, 4.69) is 85.1 Å². The lowest BCUT2D eigenvalue weighted by atomic mass is 9.97. The highest BCUT2D eigenvalue weighted by Gasteiger charge is 2.41. The summed E-state index contributed by atoms with van der Waals surface area (Å²) in [7, 11) is 0. The van der Waals surface area contributed by atoms with E-state index in [1.165, 1.54) is 23.0 Å². The highest BCUT2D eigenvalue weighted by Crippen LogP contribution is 2.29. The molecule has 4 aromatic carbocycles. The van der Waals surface area contributed by atoms with Gasteiger partial charge in [-0.2, -0.15) is 0 Å². The SMILES string of the molecule is CC(C)C[C@@H](NC(=O)[C@H](C)NC(=O)CNC(=O)[C@@H](NC=O)C(C)C)C(=O)N[C@@H](C)C(=O)N[C@@H](C(=O)N[C@H](C(=O)N[C@@H](C(=O)N[C@@H](Cc1cn(CO)c2ccccc12)C(=O)N[C@H](CC(C)C)C(=O)N[C@@H](Cc1cn(CO)c2ccccc12)C(=O)N[C@H](CC(C)C)C(=O)N[C@@H](Cc1cn(CO)c2ccccc12)C(=O)N[C@H](CC(C)C)C(=O)N[C@@H](Cc1cn(CO)c2ccccc12)C(=O)NCCO)C(C)C)C(C)C)C(C)C. The van der Waals surface area contributed by atoms with E-state index in [1.54, 1.807) is 228 Å². The molecule has 8 rings (SSSR count). The Kier molecular flexibility index (Phi) is 43.9. The van der Waals surface area contributed by atoms with Crippen molar-refractivity contribution >= 4 is 139 Å². The Hall–Kier alpha value is -13.6. The molecule has 41 nitrogen and oxygen atoms in total. The van der Waals surface area contributed by atoms with Crippen molar-refractivity contribution in [2.24, 2.45) is 47.3 Å². The predicted molar refractivity (Wildman–Crippen MR) is 541 cm³/mol. The van der Waals surface area contributed by atoms with Gasteiger partial charge < -0.3 is 129 Å². The highest BCUT2D eigenvalue weighted by molar-refractivity contribution is 6.02. The third kappa shape index (κ3) is 32.2. The Morgan fingerprint density at radius 1 is 0.271 bits per heavy atom. The van der Waals surface area contributed by atoms with Gasteiger partial charge in [-0.1, -0.05) is 184 Å². The van der Waals surface area contributed by atoms with Crippen LogP contribution in [0.5, 0.6) is 0 Å². The fourth-order valence-electron chi connectivity index (χ4n) is 17.5. The van der Waals surface area contributed by atoms with Crippen molar-refractivity contribution in [1.82, 2.24) is 103 Å². The molecular formula is C103H148N20O21. The minimum atomic E-state index is -1.62. The Balaban J connectivity index is 1.05. The molecule has 0 aliphatic rings. The molecule has 0 saturated carbocycles. The average molecular weight is 2000 g/mol. The summed E-state index contributed by atoms with van der Waals surface area (Å²) >= 11 is 0. The molecule has 0 aliphatic carbocycles. The molecule has 0 spiro atoms. The number of fused-ring (bicyclic) bond motifs is 4. The number of carbonyl (C=O) groups is 16. The maximum atomic E-state index is 15.8. The Labute approximate surface area is 838 Å². The molecule has 14 atom stereocenters. The molecule has 0 fully saturated rings. The van der Waals surface area contributed by atoms with E-state index in [1.807, 2.05) is 13.8 Å². The maximum Gasteiger partial charge on any atom is 0.243 e. The Morgan fingerprint density at radius 3 is 0.799 bits per heavy atom. The molecule has 0 bridgehead atoms. The number of aromatic nitrogens is 4. The van der Waals surface area contributed by atoms with Gasteiger partial charge in [-0.15, -0.1) is 0 Å². The first-order valence-corrected chi connectivity index (χ1v) is 49.3. The van der Waals surface area contributed by atoms with Crippen molar-refractivity contribution < 1.29 is 102 Å². The van der Waals surface area contributed by atoms with Crippen LogP contribution in [0.4, 0.5) is 0 Å². The second-order valence-electron chi connectivity index (χ2n) is 39.9. The Bertz CT molecular complexity index is 5790. The normalized spacial score (nSPS) is 14.6. The number of hydrogen-bond acceptors (Lipinski definition) is 21. The van der Waals surface area contributed by atoms with E-state index >= 15 is 28.8 Å². The summed E-state index contributed by atoms with van der Waals surface area (Å²) in [6.07, 6.45) is 5.82. The summed E-state index contributed by atoms with van der Waals surface area (Å²) in [5, 5.41) is 98.0. The van der Waals surface area contributed by atoms with Gasteiger partial charge in [0.15, 0.2) is 0 Å². The lowest BCUT2D eigenvalue weighted by Crippen LogP contribution is -2.62. The van der Waals surface area contributed by atoms with E-state index in [0.717, 1.165) is 0 Å². The third-order valence-corrected chi connectivity index (χ3v) is 25.0. The van der Waals surface area contributed by atoms with Crippen LogP contribution in [0.15, 0.2) is 122 Å². The number of aliphatic hydroxyl groups excluding tert-OH is 5. The summed E-state index contributed by atoms with van der Waals surface area (Å²) in [5.74, 6) is -15.9. The zero-order chi connectivity index (χ0) is 106. The van der Waals surface area contributed by atoms with E-state index < -0.39 is 231 Å². The van der Waals surface area contributed by atoms with E-state index in [0.29, 0.717) is 72.3 Å². The van der Waals surface area contributed by atoms with E-state index in [9.17, 15) is 73.5 Å². The summed E-state index contributed by atoms with van der Waals surface area (Å²) in [6, 6.07) is 8.82. The van der Waals surface area contributed by atoms with Crippen LogP contribution in [0.2, 0.25) is 0 Å². The largest absolute Gasteiger partial charge is 0.395 e. The fraction of sp³-hybridized carbons (Fsp3) is 0.534. The second kappa shape index (κ2) is 54.7. The average Bonchev–Trinajstić information content (AvgIpc) is 1.66. The van der Waals surface area contributed by atoms with Gasteiger partial charge in [0.25, 0.3) is 0 Å².